The summed E-state index contributed by atoms with van der Waals surface area (Å²) in [5, 5.41) is 2.61. The van der Waals surface area contributed by atoms with Gasteiger partial charge in [0.15, 0.2) is 23.4 Å². The molecule has 1 amide bonds. The molecule has 0 spiro atoms. The highest BCUT2D eigenvalue weighted by molar-refractivity contribution is 8.15. The van der Waals surface area contributed by atoms with E-state index in [2.05, 4.69) is 26.2 Å². The van der Waals surface area contributed by atoms with E-state index in [1.807, 2.05) is 0 Å². The molecule has 1 aromatic heterocycles. The zero-order valence-electron chi connectivity index (χ0n) is 17.7. The average molecular weight is 471 g/mol. The van der Waals surface area contributed by atoms with Crippen molar-refractivity contribution in [2.75, 3.05) is 11.9 Å². The lowest BCUT2D eigenvalue weighted by atomic mass is 9.85. The van der Waals surface area contributed by atoms with E-state index < -0.39 is 27.8 Å². The Morgan fingerprint density at radius 1 is 1.36 bits per heavy atom. The van der Waals surface area contributed by atoms with Crippen LogP contribution in [-0.2, 0) is 10.3 Å². The first kappa shape index (κ1) is 22.7. The van der Waals surface area contributed by atoms with Gasteiger partial charge in [-0.1, -0.05) is 17.7 Å². The van der Waals surface area contributed by atoms with Gasteiger partial charge < -0.3 is 15.8 Å². The van der Waals surface area contributed by atoms with Gasteiger partial charge in [0.2, 0.25) is 5.88 Å². The molecule has 1 aromatic carbocycles. The van der Waals surface area contributed by atoms with E-state index in [-0.39, 0.29) is 46.3 Å². The van der Waals surface area contributed by atoms with Gasteiger partial charge in [0.05, 0.1) is 22.7 Å². The number of ketones is 1. The number of Topliss-reactive ketones (excluding diaryl/α,β-unsaturated/α-hetero) is 1. The number of carbonyl (C=O) groups excluding carboxylic acids is 2. The smallest absolute Gasteiger partial charge is 0.275 e. The monoisotopic (exact) mass is 471 g/mol. The van der Waals surface area contributed by atoms with Crippen LogP contribution in [0.2, 0.25) is 0 Å². The normalized spacial score (nSPS) is 25.3. The second-order valence-electron chi connectivity index (χ2n) is 7.91. The first-order valence-corrected chi connectivity index (χ1v) is 10.7. The van der Waals surface area contributed by atoms with Crippen molar-refractivity contribution in [2.24, 2.45) is 16.6 Å². The van der Waals surface area contributed by atoms with Crippen molar-refractivity contribution in [2.45, 2.75) is 30.6 Å². The van der Waals surface area contributed by atoms with Crippen LogP contribution in [0.15, 0.2) is 29.5 Å². The molecule has 1 aliphatic heterocycles. The summed E-state index contributed by atoms with van der Waals surface area (Å²) in [6.45, 7) is 3.05. The number of anilines is 1. The van der Waals surface area contributed by atoms with Crippen LogP contribution in [-0.4, -0.2) is 38.2 Å². The maximum Gasteiger partial charge on any atom is 0.275 e. The quantitative estimate of drug-likeness (QED) is 0.622. The number of halogens is 2. The van der Waals surface area contributed by atoms with Crippen molar-refractivity contribution < 1.29 is 23.1 Å². The third-order valence-electron chi connectivity index (χ3n) is 5.81. The van der Waals surface area contributed by atoms with E-state index in [4.69, 9.17) is 16.9 Å². The number of hydrogen-bond donors (Lipinski definition) is 2. The van der Waals surface area contributed by atoms with Crippen molar-refractivity contribution in [3.05, 3.63) is 47.4 Å². The van der Waals surface area contributed by atoms with Crippen molar-refractivity contribution in [1.29, 1.82) is 0 Å². The summed E-state index contributed by atoms with van der Waals surface area (Å²) in [4.78, 5) is 37.1. The summed E-state index contributed by atoms with van der Waals surface area (Å²) in [5.74, 6) is -1.02. The topological polar surface area (TPSA) is 120 Å². The van der Waals surface area contributed by atoms with E-state index in [1.165, 1.54) is 19.2 Å². The van der Waals surface area contributed by atoms with Gasteiger partial charge in [-0.3, -0.25) is 14.6 Å². The molecule has 0 unspecified atom stereocenters. The third-order valence-corrected chi connectivity index (χ3v) is 7.21. The van der Waals surface area contributed by atoms with E-state index in [0.29, 0.717) is 6.42 Å². The maximum absolute atomic E-state index is 14.9. The fourth-order valence-corrected chi connectivity index (χ4v) is 5.46. The predicted molar refractivity (Wildman–Crippen MR) is 119 cm³/mol. The molecule has 3 N–H and O–H groups in total. The highest BCUT2D eigenvalue weighted by Crippen LogP contribution is 2.66. The molecule has 0 saturated heterocycles. The van der Waals surface area contributed by atoms with Crippen LogP contribution >= 0.6 is 11.8 Å². The van der Waals surface area contributed by atoms with E-state index in [1.54, 1.807) is 6.92 Å². The molecule has 1 aliphatic carbocycles. The van der Waals surface area contributed by atoms with E-state index in [9.17, 15) is 18.4 Å². The number of aliphatic imine (C=N–C) groups is 1. The number of carbonyl (C=O) groups is 2. The number of amides is 1. The molecule has 0 radical (unpaired) electrons. The molecule has 170 valence electrons. The number of aromatic nitrogens is 2. The number of fused-ring (bicyclic) bond motifs is 1. The highest BCUT2D eigenvalue weighted by Gasteiger charge is 2.69. The molecular formula is C22H19F2N5O3S. The first-order valence-electron chi connectivity index (χ1n) is 9.85. The highest BCUT2D eigenvalue weighted by atomic mass is 32.2. The van der Waals surface area contributed by atoms with Gasteiger partial charge in [-0.25, -0.2) is 18.7 Å². The number of nitrogens with one attached hydrogen (secondary N) is 1. The van der Waals surface area contributed by atoms with Crippen LogP contribution in [0.1, 0.15) is 36.3 Å². The standard InChI is InChI=1S/C22H19F2N5O3S/c1-4-5-32-17-10-26-15(9-27-17)19(31)28-12-6-13(18(24)14(23)7-12)21(3)16-8-22(16,11(2)30)33-20(25)29-21/h1,6-7,9-10,16H,5,8H2,2-3H3,(H2,25,29)(H,28,31)/t16-,21-,22+/m0/s1. The lowest BCUT2D eigenvalue weighted by Gasteiger charge is -2.33. The summed E-state index contributed by atoms with van der Waals surface area (Å²) >= 11 is 1.15. The Hall–Kier alpha value is -3.52. The Morgan fingerprint density at radius 3 is 2.76 bits per heavy atom. The van der Waals surface area contributed by atoms with Crippen molar-refractivity contribution in [1.82, 2.24) is 9.97 Å². The first-order chi connectivity index (χ1) is 15.6. The third kappa shape index (κ3) is 3.91. The summed E-state index contributed by atoms with van der Waals surface area (Å²) in [6.07, 6.45) is 7.92. The van der Waals surface area contributed by atoms with Crippen LogP contribution < -0.4 is 15.8 Å². The number of rotatable bonds is 6. The summed E-state index contributed by atoms with van der Waals surface area (Å²) in [7, 11) is 0. The molecule has 2 heterocycles. The van der Waals surface area contributed by atoms with Crippen molar-refractivity contribution in [3.8, 4) is 18.2 Å². The second kappa shape index (κ2) is 8.12. The molecule has 4 rings (SSSR count). The van der Waals surface area contributed by atoms with Crippen LogP contribution in [0.4, 0.5) is 14.5 Å². The van der Waals surface area contributed by atoms with Gasteiger partial charge in [0, 0.05) is 23.2 Å². The SMILES string of the molecule is C#CCOc1cnc(C(=O)Nc2cc(F)c(F)c([C@]3(C)N=C(N)S[C@@]4(C(C)=O)C[C@@H]34)c2)cn1. The van der Waals surface area contributed by atoms with E-state index >= 15 is 0 Å². The minimum Gasteiger partial charge on any atom is -0.463 e. The fourth-order valence-electron chi connectivity index (χ4n) is 4.08. The Balaban J connectivity index is 1.63. The minimum atomic E-state index is -1.28. The number of nitrogens with zero attached hydrogens (tertiary/aromatic N) is 3. The number of nitrogens with two attached hydrogens (primary N) is 1. The number of amidine groups is 1. The minimum absolute atomic E-state index is 0.00592. The molecular weight excluding hydrogens is 452 g/mol. The van der Waals surface area contributed by atoms with Gasteiger partial charge in [-0.2, -0.15) is 0 Å². The van der Waals surface area contributed by atoms with Gasteiger partial charge in [-0.05, 0) is 26.3 Å². The lowest BCUT2D eigenvalue weighted by Crippen LogP contribution is -2.39. The summed E-state index contributed by atoms with van der Waals surface area (Å²) < 4.78 is 33.8. The molecule has 8 nitrogen and oxygen atoms in total. The predicted octanol–water partition coefficient (Wildman–Crippen LogP) is 2.64. The molecule has 11 heteroatoms. The number of terminal acetylenes is 1. The van der Waals surface area contributed by atoms with Crippen LogP contribution in [0.3, 0.4) is 0 Å². The van der Waals surface area contributed by atoms with Crippen molar-refractivity contribution >= 4 is 34.3 Å². The Morgan fingerprint density at radius 2 is 2.12 bits per heavy atom. The number of ether oxygens (including phenoxy) is 1. The van der Waals surface area contributed by atoms with E-state index in [0.717, 1.165) is 24.0 Å². The van der Waals surface area contributed by atoms with Gasteiger partial charge in [0.25, 0.3) is 5.91 Å². The number of hydrogen-bond acceptors (Lipinski definition) is 8. The van der Waals surface area contributed by atoms with Gasteiger partial charge in [0.1, 0.15) is 11.5 Å². The largest absolute Gasteiger partial charge is 0.463 e. The van der Waals surface area contributed by atoms with Crippen LogP contribution in [0, 0.1) is 29.9 Å². The Labute approximate surface area is 192 Å². The zero-order chi connectivity index (χ0) is 24.0. The lowest BCUT2D eigenvalue weighted by molar-refractivity contribution is -0.117. The summed E-state index contributed by atoms with van der Waals surface area (Å²) in [6, 6.07) is 2.15. The maximum atomic E-state index is 14.9. The average Bonchev–Trinajstić information content (AvgIpc) is 3.52. The Bertz CT molecular complexity index is 1230. The fraction of sp³-hybridized carbons (Fsp3) is 0.318. The second-order valence-corrected chi connectivity index (χ2v) is 9.26. The summed E-state index contributed by atoms with van der Waals surface area (Å²) in [5.41, 5.74) is 4.49. The van der Waals surface area contributed by atoms with Crippen LogP contribution in [0.25, 0.3) is 0 Å². The molecule has 1 saturated carbocycles. The number of benzene rings is 1. The van der Waals surface area contributed by atoms with Crippen molar-refractivity contribution in [3.63, 3.8) is 0 Å². The Kier molecular flexibility index (Phi) is 5.57. The molecule has 2 aromatic rings. The molecule has 1 fully saturated rings. The van der Waals surface area contributed by atoms with Gasteiger partial charge >= 0.3 is 0 Å². The number of thioether (sulfide) groups is 1. The molecule has 2 aliphatic rings. The van der Waals surface area contributed by atoms with Crippen LogP contribution in [0.5, 0.6) is 5.88 Å². The molecule has 33 heavy (non-hydrogen) atoms. The molecule has 3 atom stereocenters. The van der Waals surface area contributed by atoms with Gasteiger partial charge in [-0.15, -0.1) is 6.42 Å². The molecule has 0 bridgehead atoms. The zero-order valence-corrected chi connectivity index (χ0v) is 18.5.